The van der Waals surface area contributed by atoms with E-state index in [2.05, 4.69) is 5.32 Å². The highest BCUT2D eigenvalue weighted by Gasteiger charge is 2.30. The summed E-state index contributed by atoms with van der Waals surface area (Å²) >= 11 is 0. The Morgan fingerprint density at radius 2 is 2.25 bits per heavy atom. The van der Waals surface area contributed by atoms with Crippen LogP contribution in [0.4, 0.5) is 0 Å². The molecule has 0 bridgehead atoms. The molecule has 1 aliphatic heterocycles. The van der Waals surface area contributed by atoms with E-state index in [0.29, 0.717) is 19.6 Å². The van der Waals surface area contributed by atoms with E-state index in [1.54, 1.807) is 0 Å². The SMILES string of the molecule is CC1CCOC1C(=O)NCCCS(N)(=O)=O. The van der Waals surface area contributed by atoms with E-state index in [1.807, 2.05) is 6.92 Å². The lowest BCUT2D eigenvalue weighted by atomic mass is 10.0. The van der Waals surface area contributed by atoms with Gasteiger partial charge in [0, 0.05) is 13.2 Å². The summed E-state index contributed by atoms with van der Waals surface area (Å²) in [4.78, 5) is 11.6. The average molecular weight is 250 g/mol. The maximum Gasteiger partial charge on any atom is 0.249 e. The molecule has 7 heteroatoms. The van der Waals surface area contributed by atoms with Gasteiger partial charge in [0.05, 0.1) is 5.75 Å². The first kappa shape index (κ1) is 13.4. The maximum absolute atomic E-state index is 11.6. The monoisotopic (exact) mass is 250 g/mol. The van der Waals surface area contributed by atoms with Gasteiger partial charge in [-0.2, -0.15) is 0 Å². The largest absolute Gasteiger partial charge is 0.368 e. The zero-order valence-electron chi connectivity index (χ0n) is 9.31. The number of primary sulfonamides is 1. The Morgan fingerprint density at radius 1 is 1.56 bits per heavy atom. The van der Waals surface area contributed by atoms with Crippen LogP contribution in [0.2, 0.25) is 0 Å². The summed E-state index contributed by atoms with van der Waals surface area (Å²) in [7, 11) is -3.43. The minimum Gasteiger partial charge on any atom is -0.368 e. The number of amides is 1. The lowest BCUT2D eigenvalue weighted by Gasteiger charge is -2.14. The van der Waals surface area contributed by atoms with Gasteiger partial charge in [0.1, 0.15) is 6.10 Å². The van der Waals surface area contributed by atoms with Crippen molar-refractivity contribution in [2.45, 2.75) is 25.9 Å². The Bertz CT molecular complexity index is 341. The van der Waals surface area contributed by atoms with Crippen molar-refractivity contribution >= 4 is 15.9 Å². The van der Waals surface area contributed by atoms with E-state index in [4.69, 9.17) is 9.88 Å². The first-order valence-corrected chi connectivity index (χ1v) is 7.01. The molecule has 2 atom stereocenters. The molecular formula is C9H18N2O4S. The van der Waals surface area contributed by atoms with E-state index in [1.165, 1.54) is 0 Å². The summed E-state index contributed by atoms with van der Waals surface area (Å²) in [6.45, 7) is 2.87. The van der Waals surface area contributed by atoms with Gasteiger partial charge in [0.25, 0.3) is 0 Å². The fraction of sp³-hybridized carbons (Fsp3) is 0.889. The summed E-state index contributed by atoms with van der Waals surface area (Å²) in [6, 6.07) is 0. The number of hydrogen-bond acceptors (Lipinski definition) is 4. The van der Waals surface area contributed by atoms with Crippen molar-refractivity contribution < 1.29 is 17.9 Å². The average Bonchev–Trinajstić information content (AvgIpc) is 2.57. The first-order chi connectivity index (χ1) is 7.40. The van der Waals surface area contributed by atoms with Crippen molar-refractivity contribution in [1.29, 1.82) is 0 Å². The van der Waals surface area contributed by atoms with Crippen LogP contribution >= 0.6 is 0 Å². The van der Waals surface area contributed by atoms with Gasteiger partial charge in [0.2, 0.25) is 15.9 Å². The Balaban J connectivity index is 2.20. The third-order valence-electron chi connectivity index (χ3n) is 2.55. The molecule has 1 fully saturated rings. The molecule has 1 saturated heterocycles. The van der Waals surface area contributed by atoms with Gasteiger partial charge in [-0.3, -0.25) is 4.79 Å². The highest BCUT2D eigenvalue weighted by Crippen LogP contribution is 2.19. The molecule has 0 aliphatic carbocycles. The summed E-state index contributed by atoms with van der Waals surface area (Å²) in [5.41, 5.74) is 0. The first-order valence-electron chi connectivity index (χ1n) is 5.30. The van der Waals surface area contributed by atoms with Crippen LogP contribution in [0.5, 0.6) is 0 Å². The number of rotatable bonds is 5. The second-order valence-corrected chi connectivity index (χ2v) is 5.80. The highest BCUT2D eigenvalue weighted by molar-refractivity contribution is 7.89. The number of ether oxygens (including phenoxy) is 1. The zero-order chi connectivity index (χ0) is 12.2. The summed E-state index contributed by atoms with van der Waals surface area (Å²) in [6.07, 6.45) is 0.815. The highest BCUT2D eigenvalue weighted by atomic mass is 32.2. The number of sulfonamides is 1. The Labute approximate surface area is 95.6 Å². The maximum atomic E-state index is 11.6. The zero-order valence-corrected chi connectivity index (χ0v) is 10.1. The summed E-state index contributed by atoms with van der Waals surface area (Å²) in [5, 5.41) is 7.48. The second kappa shape index (κ2) is 5.60. The molecule has 0 aromatic carbocycles. The third-order valence-corrected chi connectivity index (χ3v) is 3.41. The fourth-order valence-electron chi connectivity index (χ4n) is 1.62. The third kappa shape index (κ3) is 4.46. The van der Waals surface area contributed by atoms with E-state index in [-0.39, 0.29) is 17.6 Å². The van der Waals surface area contributed by atoms with Crippen LogP contribution in [0.3, 0.4) is 0 Å². The van der Waals surface area contributed by atoms with Crippen molar-refractivity contribution in [2.24, 2.45) is 11.1 Å². The van der Waals surface area contributed by atoms with Crippen LogP contribution in [0.25, 0.3) is 0 Å². The smallest absolute Gasteiger partial charge is 0.249 e. The molecule has 1 heterocycles. The molecule has 0 radical (unpaired) electrons. The molecule has 0 spiro atoms. The predicted octanol–water partition coefficient (Wildman–Crippen LogP) is -0.794. The van der Waals surface area contributed by atoms with Crippen LogP contribution in [-0.4, -0.2) is 39.3 Å². The van der Waals surface area contributed by atoms with Crippen LogP contribution in [0, 0.1) is 5.92 Å². The molecule has 3 N–H and O–H groups in total. The lowest BCUT2D eigenvalue weighted by Crippen LogP contribution is -2.38. The number of nitrogens with two attached hydrogens (primary N) is 1. The van der Waals surface area contributed by atoms with Gasteiger partial charge in [-0.25, -0.2) is 13.6 Å². The van der Waals surface area contributed by atoms with E-state index >= 15 is 0 Å². The molecule has 1 aliphatic rings. The predicted molar refractivity (Wildman–Crippen MR) is 59.1 cm³/mol. The number of hydrogen-bond donors (Lipinski definition) is 2. The van der Waals surface area contributed by atoms with Crippen LogP contribution < -0.4 is 10.5 Å². The molecule has 94 valence electrons. The number of carbonyl (C=O) groups is 1. The van der Waals surface area contributed by atoms with Crippen LogP contribution in [0.15, 0.2) is 0 Å². The molecule has 6 nitrogen and oxygen atoms in total. The molecule has 1 amide bonds. The standard InChI is InChI=1S/C9H18N2O4S/c1-7-3-5-15-8(7)9(12)11-4-2-6-16(10,13)14/h7-8H,2-6H2,1H3,(H,11,12)(H2,10,13,14). The summed E-state index contributed by atoms with van der Waals surface area (Å²) in [5.74, 6) is -0.0633. The number of nitrogens with one attached hydrogen (secondary N) is 1. The van der Waals surface area contributed by atoms with Crippen molar-refractivity contribution in [2.75, 3.05) is 18.9 Å². The van der Waals surface area contributed by atoms with Gasteiger partial charge in [-0.05, 0) is 18.8 Å². The van der Waals surface area contributed by atoms with Gasteiger partial charge in [-0.15, -0.1) is 0 Å². The lowest BCUT2D eigenvalue weighted by molar-refractivity contribution is -0.131. The molecule has 16 heavy (non-hydrogen) atoms. The van der Waals surface area contributed by atoms with Crippen LogP contribution in [0.1, 0.15) is 19.8 Å². The van der Waals surface area contributed by atoms with Crippen molar-refractivity contribution in [1.82, 2.24) is 5.32 Å². The Hall–Kier alpha value is -0.660. The second-order valence-electron chi connectivity index (χ2n) is 4.07. The minimum absolute atomic E-state index is 0.117. The quantitative estimate of drug-likeness (QED) is 0.624. The molecule has 1 rings (SSSR count). The molecule has 0 saturated carbocycles. The van der Waals surface area contributed by atoms with E-state index in [0.717, 1.165) is 6.42 Å². The normalized spacial score (nSPS) is 25.6. The van der Waals surface area contributed by atoms with Gasteiger partial charge in [0.15, 0.2) is 0 Å². The van der Waals surface area contributed by atoms with Crippen molar-refractivity contribution in [3.05, 3.63) is 0 Å². The molecule has 0 aromatic heterocycles. The van der Waals surface area contributed by atoms with Crippen molar-refractivity contribution in [3.63, 3.8) is 0 Å². The Morgan fingerprint density at radius 3 is 2.75 bits per heavy atom. The Kier molecular flexibility index (Phi) is 4.69. The fourth-order valence-corrected chi connectivity index (χ4v) is 2.16. The minimum atomic E-state index is -3.43. The molecule has 2 unspecified atom stereocenters. The van der Waals surface area contributed by atoms with Crippen LogP contribution in [-0.2, 0) is 19.6 Å². The van der Waals surface area contributed by atoms with E-state index < -0.39 is 16.1 Å². The summed E-state index contributed by atoms with van der Waals surface area (Å²) < 4.78 is 26.5. The molecular weight excluding hydrogens is 232 g/mol. The van der Waals surface area contributed by atoms with E-state index in [9.17, 15) is 13.2 Å². The van der Waals surface area contributed by atoms with Crippen molar-refractivity contribution in [3.8, 4) is 0 Å². The van der Waals surface area contributed by atoms with Gasteiger partial charge < -0.3 is 10.1 Å². The number of carbonyl (C=O) groups excluding carboxylic acids is 1. The van der Waals surface area contributed by atoms with Gasteiger partial charge in [-0.1, -0.05) is 6.92 Å². The topological polar surface area (TPSA) is 98.5 Å². The molecule has 0 aromatic rings. The van der Waals surface area contributed by atoms with Gasteiger partial charge >= 0.3 is 0 Å².